The maximum atomic E-state index is 13.1. The van der Waals surface area contributed by atoms with Gasteiger partial charge in [0, 0.05) is 24.5 Å². The molecule has 9 nitrogen and oxygen atoms in total. The third kappa shape index (κ3) is 4.13. The first-order valence-electron chi connectivity index (χ1n) is 10.6. The van der Waals surface area contributed by atoms with Gasteiger partial charge in [0.1, 0.15) is 6.33 Å². The normalized spacial score (nSPS) is 15.6. The number of rotatable bonds is 5. The first kappa shape index (κ1) is 20.4. The fraction of sp³-hybridized carbons (Fsp3) is 0.318. The highest BCUT2D eigenvalue weighted by atomic mass is 32.1. The third-order valence-electron chi connectivity index (χ3n) is 5.54. The minimum atomic E-state index is -0.370. The van der Waals surface area contributed by atoms with E-state index < -0.39 is 0 Å². The lowest BCUT2D eigenvalue weighted by atomic mass is 10.1. The Bertz CT molecular complexity index is 1200. The van der Waals surface area contributed by atoms with Crippen LogP contribution in [0.1, 0.15) is 46.4 Å². The molecule has 32 heavy (non-hydrogen) atoms. The highest BCUT2D eigenvalue weighted by Crippen LogP contribution is 2.30. The van der Waals surface area contributed by atoms with Crippen LogP contribution in [-0.2, 0) is 0 Å². The topological polar surface area (TPSA) is 116 Å². The third-order valence-corrected chi connectivity index (χ3v) is 6.52. The van der Waals surface area contributed by atoms with E-state index in [1.165, 1.54) is 17.7 Å². The van der Waals surface area contributed by atoms with Gasteiger partial charge in [-0.3, -0.25) is 14.9 Å². The van der Waals surface area contributed by atoms with Gasteiger partial charge in [-0.15, -0.1) is 11.3 Å². The molecule has 1 aliphatic heterocycles. The van der Waals surface area contributed by atoms with E-state index in [-0.39, 0.29) is 23.9 Å². The van der Waals surface area contributed by atoms with Crippen molar-refractivity contribution >= 4 is 50.9 Å². The van der Waals surface area contributed by atoms with Gasteiger partial charge in [-0.05, 0) is 37.8 Å². The van der Waals surface area contributed by atoms with Crippen molar-refractivity contribution in [1.82, 2.24) is 20.2 Å². The summed E-state index contributed by atoms with van der Waals surface area (Å²) < 4.78 is 0.616. The zero-order valence-electron chi connectivity index (χ0n) is 17.3. The zero-order chi connectivity index (χ0) is 22.1. The summed E-state index contributed by atoms with van der Waals surface area (Å²) in [6.07, 6.45) is 5.28. The summed E-state index contributed by atoms with van der Waals surface area (Å²) in [5.41, 5.74) is 1.75. The number of benzene rings is 1. The van der Waals surface area contributed by atoms with Crippen molar-refractivity contribution < 1.29 is 14.4 Å². The van der Waals surface area contributed by atoms with E-state index in [0.29, 0.717) is 32.8 Å². The lowest BCUT2D eigenvalue weighted by molar-refractivity contribution is 0.0794. The second-order valence-electron chi connectivity index (χ2n) is 7.92. The van der Waals surface area contributed by atoms with E-state index >= 15 is 0 Å². The number of urea groups is 1. The number of likely N-dealkylation sites (tertiary alicyclic amines) is 1. The van der Waals surface area contributed by atoms with Gasteiger partial charge in [0.05, 0.1) is 27.0 Å². The number of amides is 4. The molecular weight excluding hydrogens is 428 g/mol. The Morgan fingerprint density at radius 1 is 1.00 bits per heavy atom. The van der Waals surface area contributed by atoms with Crippen LogP contribution in [0.25, 0.3) is 10.2 Å². The summed E-state index contributed by atoms with van der Waals surface area (Å²) >= 11 is 1.28. The number of carbonyl (C=O) groups is 3. The summed E-state index contributed by atoms with van der Waals surface area (Å²) in [6, 6.07) is 6.92. The van der Waals surface area contributed by atoms with E-state index in [9.17, 15) is 14.4 Å². The second kappa shape index (κ2) is 8.54. The molecule has 3 heterocycles. The Labute approximate surface area is 188 Å². The van der Waals surface area contributed by atoms with Gasteiger partial charge in [-0.1, -0.05) is 12.1 Å². The van der Waals surface area contributed by atoms with Gasteiger partial charge in [0.15, 0.2) is 5.82 Å². The van der Waals surface area contributed by atoms with Crippen molar-refractivity contribution in [3.05, 3.63) is 47.1 Å². The van der Waals surface area contributed by atoms with Crippen molar-refractivity contribution in [3.63, 3.8) is 0 Å². The summed E-state index contributed by atoms with van der Waals surface area (Å²) in [6.45, 7) is 1.47. The average Bonchev–Trinajstić information content (AvgIpc) is 3.27. The number of hydrogen-bond acceptors (Lipinski definition) is 6. The second-order valence-corrected chi connectivity index (χ2v) is 8.80. The van der Waals surface area contributed by atoms with E-state index in [2.05, 4.69) is 25.9 Å². The van der Waals surface area contributed by atoms with Crippen LogP contribution in [0.2, 0.25) is 0 Å². The molecule has 10 heteroatoms. The Morgan fingerprint density at radius 2 is 1.78 bits per heavy atom. The van der Waals surface area contributed by atoms with Gasteiger partial charge >= 0.3 is 6.03 Å². The maximum absolute atomic E-state index is 13.1. The Balaban J connectivity index is 1.37. The highest BCUT2D eigenvalue weighted by Gasteiger charge is 2.25. The van der Waals surface area contributed by atoms with Crippen molar-refractivity contribution in [1.29, 1.82) is 0 Å². The Morgan fingerprint density at radius 3 is 2.56 bits per heavy atom. The molecular formula is C22H22N6O3S. The minimum absolute atomic E-state index is 0.0796. The van der Waals surface area contributed by atoms with Crippen LogP contribution in [-0.4, -0.2) is 51.8 Å². The SMILES string of the molecule is O=C(Nc1ncnc2c(C(=O)Nc3ccccc3C(=O)N3CCCC3)csc12)NC1CC1. The first-order valence-corrected chi connectivity index (χ1v) is 11.5. The predicted octanol–water partition coefficient (Wildman–Crippen LogP) is 3.46. The molecule has 5 rings (SSSR count). The standard InChI is InChI=1S/C22H22N6O3S/c29-20(26-16-6-2-1-5-14(16)21(30)28-9-3-4-10-28)15-11-32-18-17(15)23-12-24-19(18)27-22(31)25-13-7-8-13/h1-2,5-6,11-13H,3-4,7-10H2,(H,26,29)(H2,23,24,25,27,31). The molecule has 1 saturated heterocycles. The summed E-state index contributed by atoms with van der Waals surface area (Å²) in [5.74, 6) is -0.0871. The molecule has 2 aliphatic rings. The minimum Gasteiger partial charge on any atom is -0.339 e. The molecule has 2 aromatic heterocycles. The van der Waals surface area contributed by atoms with Crippen LogP contribution in [0.3, 0.4) is 0 Å². The van der Waals surface area contributed by atoms with Gasteiger partial charge in [-0.25, -0.2) is 14.8 Å². The van der Waals surface area contributed by atoms with Gasteiger partial charge in [-0.2, -0.15) is 0 Å². The molecule has 3 N–H and O–H groups in total. The van der Waals surface area contributed by atoms with Gasteiger partial charge in [0.2, 0.25) is 0 Å². The van der Waals surface area contributed by atoms with Crippen LogP contribution >= 0.6 is 11.3 Å². The predicted molar refractivity (Wildman–Crippen MR) is 122 cm³/mol. The maximum Gasteiger partial charge on any atom is 0.320 e. The lowest BCUT2D eigenvalue weighted by Crippen LogP contribution is -2.30. The van der Waals surface area contributed by atoms with Crippen molar-refractivity contribution in [3.8, 4) is 0 Å². The number of aromatic nitrogens is 2. The molecule has 0 atom stereocenters. The first-order chi connectivity index (χ1) is 15.6. The zero-order valence-corrected chi connectivity index (χ0v) is 18.1. The molecule has 1 saturated carbocycles. The average molecular weight is 451 g/mol. The van der Waals surface area contributed by atoms with Gasteiger partial charge < -0.3 is 15.5 Å². The van der Waals surface area contributed by atoms with Crippen molar-refractivity contribution in [2.24, 2.45) is 0 Å². The molecule has 0 spiro atoms. The molecule has 2 fully saturated rings. The van der Waals surface area contributed by atoms with Crippen molar-refractivity contribution in [2.45, 2.75) is 31.7 Å². The summed E-state index contributed by atoms with van der Waals surface area (Å²) in [5, 5.41) is 10.1. The smallest absolute Gasteiger partial charge is 0.320 e. The number of carbonyl (C=O) groups excluding carboxylic acids is 3. The largest absolute Gasteiger partial charge is 0.339 e. The van der Waals surface area contributed by atoms with Crippen LogP contribution in [0.4, 0.5) is 16.3 Å². The monoisotopic (exact) mass is 450 g/mol. The number of para-hydroxylation sites is 1. The molecule has 0 bridgehead atoms. The molecule has 3 aromatic rings. The number of nitrogens with zero attached hydrogens (tertiary/aromatic N) is 3. The fourth-order valence-electron chi connectivity index (χ4n) is 3.72. The molecule has 1 aromatic carbocycles. The number of nitrogens with one attached hydrogen (secondary N) is 3. The quantitative estimate of drug-likeness (QED) is 0.550. The summed E-state index contributed by atoms with van der Waals surface area (Å²) in [7, 11) is 0. The van der Waals surface area contributed by atoms with Crippen LogP contribution in [0, 0.1) is 0 Å². The fourth-order valence-corrected chi connectivity index (χ4v) is 4.66. The highest BCUT2D eigenvalue weighted by molar-refractivity contribution is 7.18. The molecule has 0 unspecified atom stereocenters. The molecule has 1 aliphatic carbocycles. The van der Waals surface area contributed by atoms with E-state index in [0.717, 1.165) is 38.8 Å². The number of thiophene rings is 1. The number of hydrogen-bond donors (Lipinski definition) is 3. The molecule has 0 radical (unpaired) electrons. The molecule has 164 valence electrons. The number of fused-ring (bicyclic) bond motifs is 1. The molecule has 4 amide bonds. The van der Waals surface area contributed by atoms with Gasteiger partial charge in [0.25, 0.3) is 11.8 Å². The Hall–Kier alpha value is -3.53. The lowest BCUT2D eigenvalue weighted by Gasteiger charge is -2.17. The van der Waals surface area contributed by atoms with Crippen LogP contribution in [0.5, 0.6) is 0 Å². The van der Waals surface area contributed by atoms with E-state index in [1.54, 1.807) is 29.6 Å². The summed E-state index contributed by atoms with van der Waals surface area (Å²) in [4.78, 5) is 48.3. The van der Waals surface area contributed by atoms with Crippen molar-refractivity contribution in [2.75, 3.05) is 23.7 Å². The number of anilines is 2. The van der Waals surface area contributed by atoms with E-state index in [4.69, 9.17) is 0 Å². The van der Waals surface area contributed by atoms with Crippen LogP contribution < -0.4 is 16.0 Å². The Kier molecular flexibility index (Phi) is 5.44. The van der Waals surface area contributed by atoms with E-state index in [1.807, 2.05) is 4.90 Å². The van der Waals surface area contributed by atoms with Crippen LogP contribution in [0.15, 0.2) is 36.0 Å².